The SMILES string of the molecule is CCCCC(=O)N[C@H](Cc1ccccc1)C(=O)Nc1nnc(-c2cccc(C)c2)s1. The van der Waals surface area contributed by atoms with Crippen LogP contribution in [-0.4, -0.2) is 28.1 Å². The molecule has 0 saturated heterocycles. The highest BCUT2D eigenvalue weighted by Gasteiger charge is 2.22. The molecule has 0 saturated carbocycles. The molecule has 2 aromatic carbocycles. The normalized spacial score (nSPS) is 11.7. The minimum absolute atomic E-state index is 0.120. The number of aryl methyl sites for hydroxylation is 1. The van der Waals surface area contributed by atoms with Gasteiger partial charge in [-0.1, -0.05) is 78.8 Å². The van der Waals surface area contributed by atoms with Crippen molar-refractivity contribution in [3.8, 4) is 10.6 Å². The summed E-state index contributed by atoms with van der Waals surface area (Å²) in [5.41, 5.74) is 3.07. The number of nitrogens with zero attached hydrogens (tertiary/aromatic N) is 2. The number of amides is 2. The number of hydrogen-bond acceptors (Lipinski definition) is 5. The van der Waals surface area contributed by atoms with Gasteiger partial charge < -0.3 is 5.32 Å². The van der Waals surface area contributed by atoms with E-state index in [1.54, 1.807) is 0 Å². The highest BCUT2D eigenvalue weighted by atomic mass is 32.1. The molecule has 0 spiro atoms. The van der Waals surface area contributed by atoms with Crippen molar-refractivity contribution in [3.63, 3.8) is 0 Å². The van der Waals surface area contributed by atoms with Gasteiger partial charge in [0, 0.05) is 18.4 Å². The van der Waals surface area contributed by atoms with Crippen LogP contribution < -0.4 is 10.6 Å². The Bertz CT molecular complexity index is 988. The van der Waals surface area contributed by atoms with Gasteiger partial charge in [0.15, 0.2) is 0 Å². The average molecular weight is 423 g/mol. The van der Waals surface area contributed by atoms with Crippen molar-refractivity contribution >= 4 is 28.3 Å². The summed E-state index contributed by atoms with van der Waals surface area (Å²) in [7, 11) is 0. The summed E-state index contributed by atoms with van der Waals surface area (Å²) >= 11 is 1.31. The standard InChI is InChI=1S/C23H26N4O2S/c1-3-4-13-20(28)24-19(15-17-10-6-5-7-11-17)21(29)25-23-27-26-22(30-23)18-12-8-9-16(2)14-18/h5-12,14,19H,3-4,13,15H2,1-2H3,(H,24,28)(H,25,27,29)/t19-/m1/s1. The van der Waals surface area contributed by atoms with Gasteiger partial charge >= 0.3 is 0 Å². The first-order valence-corrected chi connectivity index (χ1v) is 10.9. The van der Waals surface area contributed by atoms with Crippen LogP contribution in [0.1, 0.15) is 37.3 Å². The van der Waals surface area contributed by atoms with Gasteiger partial charge in [0.05, 0.1) is 0 Å². The van der Waals surface area contributed by atoms with Crippen molar-refractivity contribution in [2.75, 3.05) is 5.32 Å². The Hall–Kier alpha value is -3.06. The molecule has 156 valence electrons. The van der Waals surface area contributed by atoms with Crippen molar-refractivity contribution in [1.82, 2.24) is 15.5 Å². The Labute approximate surface area is 180 Å². The van der Waals surface area contributed by atoms with Gasteiger partial charge in [-0.2, -0.15) is 0 Å². The van der Waals surface area contributed by atoms with E-state index < -0.39 is 6.04 Å². The number of nitrogens with one attached hydrogen (secondary N) is 2. The molecule has 0 radical (unpaired) electrons. The lowest BCUT2D eigenvalue weighted by atomic mass is 10.0. The largest absolute Gasteiger partial charge is 0.344 e. The predicted molar refractivity (Wildman–Crippen MR) is 120 cm³/mol. The number of carbonyl (C=O) groups excluding carboxylic acids is 2. The summed E-state index contributed by atoms with van der Waals surface area (Å²) in [6.07, 6.45) is 2.54. The molecule has 2 N–H and O–H groups in total. The lowest BCUT2D eigenvalue weighted by molar-refractivity contribution is -0.126. The zero-order valence-corrected chi connectivity index (χ0v) is 18.0. The maximum atomic E-state index is 12.9. The van der Waals surface area contributed by atoms with Crippen molar-refractivity contribution in [1.29, 1.82) is 0 Å². The highest BCUT2D eigenvalue weighted by molar-refractivity contribution is 7.18. The first kappa shape index (κ1) is 21.6. The second-order valence-electron chi connectivity index (χ2n) is 7.18. The molecule has 0 bridgehead atoms. The fourth-order valence-electron chi connectivity index (χ4n) is 3.02. The molecule has 6 nitrogen and oxygen atoms in total. The second kappa shape index (κ2) is 10.6. The van der Waals surface area contributed by atoms with Crippen LogP contribution in [0.3, 0.4) is 0 Å². The van der Waals surface area contributed by atoms with E-state index in [0.29, 0.717) is 18.0 Å². The Morgan fingerprint density at radius 3 is 2.60 bits per heavy atom. The van der Waals surface area contributed by atoms with Crippen molar-refractivity contribution in [2.24, 2.45) is 0 Å². The summed E-state index contributed by atoms with van der Waals surface area (Å²) < 4.78 is 0. The Kier molecular flexibility index (Phi) is 7.68. The predicted octanol–water partition coefficient (Wildman–Crippen LogP) is 4.37. The van der Waals surface area contributed by atoms with Crippen LogP contribution in [0.4, 0.5) is 5.13 Å². The minimum Gasteiger partial charge on any atom is -0.344 e. The number of carbonyl (C=O) groups is 2. The number of benzene rings is 2. The third-order valence-corrected chi connectivity index (χ3v) is 5.50. The minimum atomic E-state index is -0.678. The first-order valence-electron chi connectivity index (χ1n) is 10.1. The first-order chi connectivity index (χ1) is 14.5. The van der Waals surface area contributed by atoms with E-state index in [1.807, 2.05) is 68.4 Å². The summed E-state index contributed by atoms with van der Waals surface area (Å²) in [4.78, 5) is 25.2. The molecule has 0 aliphatic heterocycles. The number of hydrogen-bond donors (Lipinski definition) is 2. The number of unbranched alkanes of at least 4 members (excludes halogenated alkanes) is 1. The van der Waals surface area contributed by atoms with Crippen LogP contribution in [0, 0.1) is 6.92 Å². The van der Waals surface area contributed by atoms with Crippen molar-refractivity contribution in [2.45, 2.75) is 45.6 Å². The van der Waals surface area contributed by atoms with E-state index >= 15 is 0 Å². The molecular weight excluding hydrogens is 396 g/mol. The van der Waals surface area contributed by atoms with Gasteiger partial charge in [-0.25, -0.2) is 0 Å². The lowest BCUT2D eigenvalue weighted by Gasteiger charge is -2.18. The van der Waals surface area contributed by atoms with Crippen LogP contribution >= 0.6 is 11.3 Å². The number of rotatable bonds is 9. The van der Waals surface area contributed by atoms with E-state index in [0.717, 1.165) is 34.5 Å². The van der Waals surface area contributed by atoms with Gasteiger partial charge in [0.25, 0.3) is 0 Å². The molecule has 0 fully saturated rings. The zero-order chi connectivity index (χ0) is 21.3. The van der Waals surface area contributed by atoms with Gasteiger partial charge in [-0.15, -0.1) is 10.2 Å². The second-order valence-corrected chi connectivity index (χ2v) is 8.16. The van der Waals surface area contributed by atoms with E-state index in [9.17, 15) is 9.59 Å². The molecule has 1 atom stereocenters. The zero-order valence-electron chi connectivity index (χ0n) is 17.2. The van der Waals surface area contributed by atoms with E-state index in [-0.39, 0.29) is 11.8 Å². The molecule has 30 heavy (non-hydrogen) atoms. The molecule has 3 rings (SSSR count). The molecule has 0 aliphatic rings. The summed E-state index contributed by atoms with van der Waals surface area (Å²) in [5.74, 6) is -0.415. The highest BCUT2D eigenvalue weighted by Crippen LogP contribution is 2.27. The maximum absolute atomic E-state index is 12.9. The van der Waals surface area contributed by atoms with E-state index in [4.69, 9.17) is 0 Å². The van der Waals surface area contributed by atoms with Crippen LogP contribution in [0.25, 0.3) is 10.6 Å². The molecule has 1 aromatic heterocycles. The molecule has 0 aliphatic carbocycles. The third-order valence-electron chi connectivity index (χ3n) is 4.61. The fourth-order valence-corrected chi connectivity index (χ4v) is 3.77. The van der Waals surface area contributed by atoms with Crippen LogP contribution in [0.2, 0.25) is 0 Å². The molecule has 2 amide bonds. The Morgan fingerprint density at radius 2 is 1.87 bits per heavy atom. The smallest absolute Gasteiger partial charge is 0.249 e. The molecule has 7 heteroatoms. The monoisotopic (exact) mass is 422 g/mol. The topological polar surface area (TPSA) is 84.0 Å². The van der Waals surface area contributed by atoms with Crippen molar-refractivity contribution in [3.05, 3.63) is 65.7 Å². The molecule has 0 unspecified atom stereocenters. The number of aromatic nitrogens is 2. The summed E-state index contributed by atoms with van der Waals surface area (Å²) in [6.45, 7) is 4.05. The third kappa shape index (κ3) is 6.22. The summed E-state index contributed by atoms with van der Waals surface area (Å²) in [6, 6.07) is 16.9. The van der Waals surface area contributed by atoms with E-state index in [2.05, 4.69) is 20.8 Å². The Morgan fingerprint density at radius 1 is 1.07 bits per heavy atom. The molecular formula is C23H26N4O2S. The van der Waals surface area contributed by atoms with Crippen LogP contribution in [0.5, 0.6) is 0 Å². The molecule has 1 heterocycles. The maximum Gasteiger partial charge on any atom is 0.249 e. The van der Waals surface area contributed by atoms with Crippen LogP contribution in [0.15, 0.2) is 54.6 Å². The lowest BCUT2D eigenvalue weighted by Crippen LogP contribution is -2.45. The van der Waals surface area contributed by atoms with Crippen LogP contribution in [-0.2, 0) is 16.0 Å². The molecule has 3 aromatic rings. The van der Waals surface area contributed by atoms with Gasteiger partial charge in [-0.05, 0) is 25.0 Å². The van der Waals surface area contributed by atoms with E-state index in [1.165, 1.54) is 11.3 Å². The van der Waals surface area contributed by atoms with Gasteiger partial charge in [-0.3, -0.25) is 14.9 Å². The number of anilines is 1. The Balaban J connectivity index is 1.71. The quantitative estimate of drug-likeness (QED) is 0.536. The average Bonchev–Trinajstić information content (AvgIpc) is 3.21. The van der Waals surface area contributed by atoms with Gasteiger partial charge in [0.1, 0.15) is 11.0 Å². The fraction of sp³-hybridized carbons (Fsp3) is 0.304. The summed E-state index contributed by atoms with van der Waals surface area (Å²) in [5, 5.41) is 15.1. The van der Waals surface area contributed by atoms with Gasteiger partial charge in [0.2, 0.25) is 16.9 Å². The van der Waals surface area contributed by atoms with Crippen molar-refractivity contribution < 1.29 is 9.59 Å².